The van der Waals surface area contributed by atoms with Crippen molar-refractivity contribution in [1.29, 1.82) is 0 Å². The van der Waals surface area contributed by atoms with E-state index in [1.54, 1.807) is 24.3 Å². The summed E-state index contributed by atoms with van der Waals surface area (Å²) in [4.78, 5) is 10.8. The number of para-hydroxylation sites is 1. The quantitative estimate of drug-likeness (QED) is 0.747. The second kappa shape index (κ2) is 6.37. The van der Waals surface area contributed by atoms with E-state index >= 15 is 0 Å². The van der Waals surface area contributed by atoms with Crippen LogP contribution in [0.25, 0.3) is 11.0 Å². The molecule has 3 aromatic rings. The van der Waals surface area contributed by atoms with E-state index in [4.69, 9.17) is 25.5 Å². The molecule has 0 saturated heterocycles. The first kappa shape index (κ1) is 14.9. The zero-order valence-electron chi connectivity index (χ0n) is 12.1. The van der Waals surface area contributed by atoms with Gasteiger partial charge < -0.3 is 25.5 Å². The third-order valence-corrected chi connectivity index (χ3v) is 3.25. The van der Waals surface area contributed by atoms with Gasteiger partial charge in [0.05, 0.1) is 11.4 Å². The van der Waals surface area contributed by atoms with Crippen LogP contribution in [-0.4, -0.2) is 17.9 Å². The molecule has 1 amide bonds. The van der Waals surface area contributed by atoms with E-state index in [0.29, 0.717) is 17.2 Å². The fraction of sp³-hybridized carbons (Fsp3) is 0.125. The highest BCUT2D eigenvalue weighted by molar-refractivity contribution is 5.81. The maximum atomic E-state index is 10.8. The minimum absolute atomic E-state index is 0.191. The van der Waals surface area contributed by atoms with Gasteiger partial charge in [0.1, 0.15) is 12.4 Å². The summed E-state index contributed by atoms with van der Waals surface area (Å²) in [5, 5.41) is 4.66. The van der Waals surface area contributed by atoms with Crippen molar-refractivity contribution in [2.75, 3.05) is 6.61 Å². The van der Waals surface area contributed by atoms with Crippen LogP contribution in [0.3, 0.4) is 0 Å². The van der Waals surface area contributed by atoms with E-state index in [1.807, 2.05) is 24.3 Å². The SMILES string of the molecule is NC(=O)Oc1cccc(C(N)COc2noc3ccccc23)c1. The Bertz CT molecular complexity index is 831. The molecule has 23 heavy (non-hydrogen) atoms. The summed E-state index contributed by atoms with van der Waals surface area (Å²) >= 11 is 0. The van der Waals surface area contributed by atoms with Crippen LogP contribution in [0.5, 0.6) is 11.6 Å². The second-order valence-corrected chi connectivity index (χ2v) is 4.89. The Balaban J connectivity index is 1.69. The number of nitrogens with zero attached hydrogens (tertiary/aromatic N) is 1. The molecule has 0 aliphatic carbocycles. The van der Waals surface area contributed by atoms with Crippen molar-refractivity contribution in [3.05, 3.63) is 54.1 Å². The number of carbonyl (C=O) groups is 1. The molecule has 0 aliphatic rings. The first-order valence-electron chi connectivity index (χ1n) is 6.93. The van der Waals surface area contributed by atoms with Gasteiger partial charge in [-0.3, -0.25) is 0 Å². The van der Waals surface area contributed by atoms with Crippen LogP contribution < -0.4 is 20.9 Å². The number of hydrogen-bond acceptors (Lipinski definition) is 6. The Morgan fingerprint density at radius 2 is 2.04 bits per heavy atom. The van der Waals surface area contributed by atoms with Gasteiger partial charge in [-0.15, -0.1) is 0 Å². The smallest absolute Gasteiger partial charge is 0.409 e. The summed E-state index contributed by atoms with van der Waals surface area (Å²) in [5.41, 5.74) is 12.5. The summed E-state index contributed by atoms with van der Waals surface area (Å²) in [7, 11) is 0. The van der Waals surface area contributed by atoms with E-state index in [-0.39, 0.29) is 6.61 Å². The summed E-state index contributed by atoms with van der Waals surface area (Å²) in [6.45, 7) is 0.191. The van der Waals surface area contributed by atoms with Crippen LogP contribution in [0.1, 0.15) is 11.6 Å². The van der Waals surface area contributed by atoms with Crippen molar-refractivity contribution >= 4 is 17.1 Å². The molecule has 1 aromatic heterocycles. The van der Waals surface area contributed by atoms with Crippen molar-refractivity contribution < 1.29 is 18.8 Å². The lowest BCUT2D eigenvalue weighted by molar-refractivity contribution is 0.210. The molecule has 7 nitrogen and oxygen atoms in total. The highest BCUT2D eigenvalue weighted by Gasteiger charge is 2.13. The lowest BCUT2D eigenvalue weighted by Crippen LogP contribution is -2.20. The summed E-state index contributed by atoms with van der Waals surface area (Å²) in [6.07, 6.45) is -0.874. The molecule has 0 spiro atoms. The van der Waals surface area contributed by atoms with Gasteiger partial charge in [0.25, 0.3) is 5.88 Å². The lowest BCUT2D eigenvalue weighted by atomic mass is 10.1. The van der Waals surface area contributed by atoms with Crippen LogP contribution in [0.4, 0.5) is 4.79 Å². The minimum Gasteiger partial charge on any atom is -0.473 e. The molecule has 0 bridgehead atoms. The molecule has 3 rings (SSSR count). The first-order valence-corrected chi connectivity index (χ1v) is 6.93. The maximum Gasteiger partial charge on any atom is 0.409 e. The topological polar surface area (TPSA) is 114 Å². The highest BCUT2D eigenvalue weighted by atomic mass is 16.5. The van der Waals surface area contributed by atoms with Gasteiger partial charge in [-0.05, 0) is 35.0 Å². The molecule has 0 saturated carbocycles. The molecule has 1 unspecified atom stereocenters. The van der Waals surface area contributed by atoms with Gasteiger partial charge in [-0.25, -0.2) is 4.79 Å². The third-order valence-electron chi connectivity index (χ3n) is 3.25. The van der Waals surface area contributed by atoms with Crippen molar-refractivity contribution in [2.45, 2.75) is 6.04 Å². The molecular formula is C16H15N3O4. The Hall–Kier alpha value is -3.06. The zero-order valence-corrected chi connectivity index (χ0v) is 12.1. The normalized spacial score (nSPS) is 12.0. The number of nitrogens with two attached hydrogens (primary N) is 2. The van der Waals surface area contributed by atoms with Crippen LogP contribution in [0.2, 0.25) is 0 Å². The predicted octanol–water partition coefficient (Wildman–Crippen LogP) is 2.36. The molecule has 4 N–H and O–H groups in total. The Labute approximate surface area is 131 Å². The second-order valence-electron chi connectivity index (χ2n) is 4.89. The molecule has 0 aliphatic heterocycles. The van der Waals surface area contributed by atoms with E-state index in [9.17, 15) is 4.79 Å². The molecule has 1 atom stereocenters. The lowest BCUT2D eigenvalue weighted by Gasteiger charge is -2.13. The van der Waals surface area contributed by atoms with Crippen molar-refractivity contribution in [3.8, 4) is 11.6 Å². The molecule has 2 aromatic carbocycles. The Morgan fingerprint density at radius 3 is 2.87 bits per heavy atom. The Kier molecular flexibility index (Phi) is 4.11. The molecular weight excluding hydrogens is 298 g/mol. The summed E-state index contributed by atoms with van der Waals surface area (Å²) in [5.74, 6) is 0.720. The van der Waals surface area contributed by atoms with Crippen LogP contribution in [0, 0.1) is 0 Å². The van der Waals surface area contributed by atoms with Crippen molar-refractivity contribution in [2.24, 2.45) is 11.5 Å². The van der Waals surface area contributed by atoms with E-state index in [2.05, 4.69) is 5.16 Å². The van der Waals surface area contributed by atoms with Crippen LogP contribution in [-0.2, 0) is 0 Å². The number of ether oxygens (including phenoxy) is 2. The van der Waals surface area contributed by atoms with Gasteiger partial charge in [0, 0.05) is 0 Å². The number of amides is 1. The van der Waals surface area contributed by atoms with E-state index in [0.717, 1.165) is 10.9 Å². The number of fused-ring (bicyclic) bond motifs is 1. The largest absolute Gasteiger partial charge is 0.473 e. The number of hydrogen-bond donors (Lipinski definition) is 2. The number of aromatic nitrogens is 1. The fourth-order valence-corrected chi connectivity index (χ4v) is 2.16. The molecule has 118 valence electrons. The summed E-state index contributed by atoms with van der Waals surface area (Å²) < 4.78 is 15.6. The first-order chi connectivity index (χ1) is 11.1. The number of carbonyl (C=O) groups excluding carboxylic acids is 1. The van der Waals surface area contributed by atoms with E-state index in [1.165, 1.54) is 0 Å². The molecule has 0 fully saturated rings. The predicted molar refractivity (Wildman–Crippen MR) is 83.1 cm³/mol. The van der Waals surface area contributed by atoms with Gasteiger partial charge in [-0.1, -0.05) is 24.3 Å². The average Bonchev–Trinajstić information content (AvgIpc) is 2.95. The van der Waals surface area contributed by atoms with Crippen LogP contribution >= 0.6 is 0 Å². The van der Waals surface area contributed by atoms with Crippen molar-refractivity contribution in [1.82, 2.24) is 5.16 Å². The van der Waals surface area contributed by atoms with Gasteiger partial charge in [0.15, 0.2) is 5.58 Å². The zero-order chi connectivity index (χ0) is 16.2. The number of rotatable bonds is 5. The summed E-state index contributed by atoms with van der Waals surface area (Å²) in [6, 6.07) is 13.7. The number of primary amides is 1. The monoisotopic (exact) mass is 313 g/mol. The Morgan fingerprint density at radius 1 is 1.22 bits per heavy atom. The number of benzene rings is 2. The van der Waals surface area contributed by atoms with Crippen molar-refractivity contribution in [3.63, 3.8) is 0 Å². The molecule has 7 heteroatoms. The molecule has 0 radical (unpaired) electrons. The minimum atomic E-state index is -0.874. The van der Waals surface area contributed by atoms with Gasteiger partial charge in [0.2, 0.25) is 0 Å². The van der Waals surface area contributed by atoms with Crippen LogP contribution in [0.15, 0.2) is 53.1 Å². The van der Waals surface area contributed by atoms with E-state index < -0.39 is 12.1 Å². The fourth-order valence-electron chi connectivity index (χ4n) is 2.16. The average molecular weight is 313 g/mol. The maximum absolute atomic E-state index is 10.8. The molecule has 1 heterocycles. The standard InChI is InChI=1S/C16H15N3O4/c17-13(10-4-3-5-11(8-10)22-16(18)20)9-21-15-12-6-1-2-7-14(12)23-19-15/h1-8,13H,9,17H2,(H2,18,20). The highest BCUT2D eigenvalue weighted by Crippen LogP contribution is 2.25. The van der Waals surface area contributed by atoms with Gasteiger partial charge in [-0.2, -0.15) is 0 Å². The van der Waals surface area contributed by atoms with Gasteiger partial charge >= 0.3 is 6.09 Å². The third kappa shape index (κ3) is 3.41.